The molecule has 0 aliphatic rings. The smallest absolute Gasteiger partial charge is 0.0588 e. The van der Waals surface area contributed by atoms with E-state index >= 15 is 0 Å². The van der Waals surface area contributed by atoms with E-state index < -0.39 is 0 Å². The first-order valence-electron chi connectivity index (χ1n) is 1.07. The summed E-state index contributed by atoms with van der Waals surface area (Å²) < 4.78 is 2.06. The molecule has 0 unspecified atom stereocenters. The van der Waals surface area contributed by atoms with Crippen molar-refractivity contribution in [2.75, 3.05) is 6.67 Å². The lowest BCUT2D eigenvalue weighted by Gasteiger charge is -1.43. The Labute approximate surface area is 82.4 Å². The van der Waals surface area contributed by atoms with Crippen molar-refractivity contribution in [2.24, 2.45) is 0 Å². The van der Waals surface area contributed by atoms with Crippen molar-refractivity contribution >= 4 is 77.0 Å². The highest BCUT2D eigenvalue weighted by atomic mass is 127. The van der Waals surface area contributed by atoms with Crippen molar-refractivity contribution in [1.29, 1.82) is 0 Å². The molecule has 0 atom stereocenters. The molecule has 0 aromatic rings. The van der Waals surface area contributed by atoms with Gasteiger partial charge in [0, 0.05) is 0 Å². The first-order valence-corrected chi connectivity index (χ1v) is 6.36. The zero-order chi connectivity index (χ0) is 5.41. The second kappa shape index (κ2) is 15.7. The molecular formula is C2H4Br2I2. The van der Waals surface area contributed by atoms with Gasteiger partial charge in [-0.25, -0.2) is 0 Å². The lowest BCUT2D eigenvalue weighted by molar-refractivity contribution is 2.44. The zero-order valence-electron chi connectivity index (χ0n) is 2.93. The van der Waals surface area contributed by atoms with Gasteiger partial charge in [0.2, 0.25) is 0 Å². The molecular weight excluding hydrogens is 438 g/mol. The van der Waals surface area contributed by atoms with Gasteiger partial charge >= 0.3 is 0 Å². The molecule has 0 aliphatic heterocycles. The third kappa shape index (κ3) is 32.2. The molecule has 0 heterocycles. The normalized spacial score (nSPS) is 6.00. The van der Waals surface area contributed by atoms with Crippen LogP contribution in [0.3, 0.4) is 0 Å². The SMILES string of the molecule is BrCBr.ICI. The summed E-state index contributed by atoms with van der Waals surface area (Å²) in [7, 11) is 0. The molecule has 0 nitrogen and oxygen atoms in total. The van der Waals surface area contributed by atoms with Crippen LogP contribution in [0.1, 0.15) is 0 Å². The summed E-state index contributed by atoms with van der Waals surface area (Å²) in [5.74, 6) is 0. The fourth-order valence-electron chi connectivity index (χ4n) is 0. The van der Waals surface area contributed by atoms with Gasteiger partial charge in [0.05, 0.1) is 6.67 Å². The van der Waals surface area contributed by atoms with Gasteiger partial charge in [-0.2, -0.15) is 0 Å². The van der Waals surface area contributed by atoms with E-state index in [0.717, 1.165) is 4.24 Å². The van der Waals surface area contributed by atoms with E-state index in [1.165, 1.54) is 2.43 Å². The Morgan fingerprint density at radius 3 is 1.17 bits per heavy atom. The molecule has 0 spiro atoms. The van der Waals surface area contributed by atoms with Crippen molar-refractivity contribution in [3.05, 3.63) is 0 Å². The molecule has 0 rings (SSSR count). The maximum absolute atomic E-state index is 3.06. The predicted molar refractivity (Wildman–Crippen MR) is 55.6 cm³/mol. The number of alkyl halides is 4. The molecule has 0 N–H and O–H groups in total. The standard InChI is InChI=1S/CH2Br2.CH2I2/c2*2-1-3/h2*1H2. The molecule has 40 valence electrons. The van der Waals surface area contributed by atoms with E-state index in [2.05, 4.69) is 77.0 Å². The van der Waals surface area contributed by atoms with Gasteiger partial charge in [-0.3, -0.25) is 0 Å². The molecule has 0 saturated heterocycles. The quantitative estimate of drug-likeness (QED) is 0.398. The summed E-state index contributed by atoms with van der Waals surface area (Å²) in [6.07, 6.45) is 0. The number of hydrogen-bond donors (Lipinski definition) is 0. The summed E-state index contributed by atoms with van der Waals surface area (Å²) in [5, 5.41) is 0. The molecule has 0 aromatic carbocycles. The highest BCUT2D eigenvalue weighted by Crippen LogP contribution is 1.86. The fourth-order valence-corrected chi connectivity index (χ4v) is 0. The van der Waals surface area contributed by atoms with Gasteiger partial charge < -0.3 is 0 Å². The van der Waals surface area contributed by atoms with Gasteiger partial charge in [0.25, 0.3) is 0 Å². The van der Waals surface area contributed by atoms with Crippen LogP contribution < -0.4 is 0 Å². The molecule has 4 heteroatoms. The van der Waals surface area contributed by atoms with E-state index in [1.54, 1.807) is 0 Å². The lowest BCUT2D eigenvalue weighted by Crippen LogP contribution is -1.19. The fraction of sp³-hybridized carbons (Fsp3) is 1.00. The minimum absolute atomic E-state index is 0.875. The molecule has 6 heavy (non-hydrogen) atoms. The second-order valence-corrected chi connectivity index (χ2v) is 7.27. The third-order valence-corrected chi connectivity index (χ3v) is 0. The molecule has 0 radical (unpaired) electrons. The van der Waals surface area contributed by atoms with E-state index in [1.807, 2.05) is 0 Å². The van der Waals surface area contributed by atoms with Crippen LogP contribution >= 0.6 is 77.0 Å². The summed E-state index contributed by atoms with van der Waals surface area (Å²) in [6.45, 7) is 0. The number of rotatable bonds is 0. The highest BCUT2D eigenvalue weighted by Gasteiger charge is 1.41. The van der Waals surface area contributed by atoms with Gasteiger partial charge in [-0.05, 0) is 0 Å². The Bertz CT molecular complexity index is 11.5. The number of halogens is 4. The van der Waals surface area contributed by atoms with Gasteiger partial charge in [0.1, 0.15) is 0 Å². The topological polar surface area (TPSA) is 0 Å². The zero-order valence-corrected chi connectivity index (χ0v) is 10.4. The van der Waals surface area contributed by atoms with Crippen LogP contribution in [0.5, 0.6) is 0 Å². The van der Waals surface area contributed by atoms with E-state index in [9.17, 15) is 0 Å². The average Bonchev–Trinajstić information content (AvgIpc) is 1.39. The van der Waals surface area contributed by atoms with Crippen LogP contribution in [0.4, 0.5) is 0 Å². The molecule has 0 fully saturated rings. The largest absolute Gasteiger partial charge is 0.0802 e. The Morgan fingerprint density at radius 1 is 1.17 bits per heavy atom. The maximum Gasteiger partial charge on any atom is 0.0588 e. The molecule has 0 amide bonds. The van der Waals surface area contributed by atoms with Crippen LogP contribution in [0.2, 0.25) is 0 Å². The average molecular weight is 442 g/mol. The summed E-state index contributed by atoms with van der Waals surface area (Å²) >= 11 is 10.7. The first kappa shape index (κ1) is 11.2. The molecule has 0 bridgehead atoms. The van der Waals surface area contributed by atoms with Crippen LogP contribution in [-0.2, 0) is 0 Å². The monoisotopic (exact) mass is 440 g/mol. The molecule has 0 aliphatic carbocycles. The minimum Gasteiger partial charge on any atom is -0.0802 e. The van der Waals surface area contributed by atoms with Crippen molar-refractivity contribution in [2.45, 2.75) is 0 Å². The molecule has 0 aromatic heterocycles. The van der Waals surface area contributed by atoms with Crippen molar-refractivity contribution < 1.29 is 0 Å². The predicted octanol–water partition coefficient (Wildman–Crippen LogP) is 3.55. The van der Waals surface area contributed by atoms with Crippen LogP contribution in [0.15, 0.2) is 0 Å². The summed E-state index contributed by atoms with van der Waals surface area (Å²) in [6, 6.07) is 0. The number of hydrogen-bond acceptors (Lipinski definition) is 0. The lowest BCUT2D eigenvalue weighted by atomic mass is 12.0. The van der Waals surface area contributed by atoms with Crippen LogP contribution in [0, 0.1) is 0 Å². The van der Waals surface area contributed by atoms with Crippen molar-refractivity contribution in [3.63, 3.8) is 0 Å². The van der Waals surface area contributed by atoms with E-state index in [0.29, 0.717) is 0 Å². The second-order valence-electron chi connectivity index (χ2n) is 0.202. The maximum atomic E-state index is 3.06. The molecule has 0 saturated carbocycles. The Balaban J connectivity index is 0. The van der Waals surface area contributed by atoms with E-state index in [-0.39, 0.29) is 0 Å². The van der Waals surface area contributed by atoms with Gasteiger partial charge in [-0.1, -0.05) is 77.0 Å². The van der Waals surface area contributed by atoms with Gasteiger partial charge in [0.15, 0.2) is 0 Å². The van der Waals surface area contributed by atoms with Crippen molar-refractivity contribution in [3.8, 4) is 0 Å². The Hall–Kier alpha value is 2.42. The Morgan fingerprint density at radius 2 is 1.17 bits per heavy atom. The third-order valence-electron chi connectivity index (χ3n) is 0. The van der Waals surface area contributed by atoms with Crippen LogP contribution in [-0.4, -0.2) is 6.67 Å². The minimum atomic E-state index is 0.875. The highest BCUT2D eigenvalue weighted by molar-refractivity contribution is 14.2. The van der Waals surface area contributed by atoms with Crippen LogP contribution in [0.25, 0.3) is 0 Å². The summed E-state index contributed by atoms with van der Waals surface area (Å²) in [4.78, 5) is 0. The van der Waals surface area contributed by atoms with Crippen molar-refractivity contribution in [1.82, 2.24) is 0 Å². The van der Waals surface area contributed by atoms with E-state index in [4.69, 9.17) is 0 Å². The Kier molecular flexibility index (Phi) is 29.3. The van der Waals surface area contributed by atoms with Gasteiger partial charge in [-0.15, -0.1) is 0 Å². The summed E-state index contributed by atoms with van der Waals surface area (Å²) in [5.41, 5.74) is 0. The first-order chi connectivity index (χ1) is 2.83.